The van der Waals surface area contributed by atoms with Crippen LogP contribution >= 0.6 is 11.6 Å². The molecule has 1 fully saturated rings. The van der Waals surface area contributed by atoms with Gasteiger partial charge >= 0.3 is 0 Å². The first-order valence-corrected chi connectivity index (χ1v) is 7.57. The molecule has 0 aromatic heterocycles. The molecule has 2 aliphatic rings. The SMILES string of the molecule is O=C(CCl)NCC1(c2ccc3c(c2)OCO3)CCOCC1. The molecule has 1 aromatic rings. The van der Waals surface area contributed by atoms with Gasteiger partial charge in [0.05, 0.1) is 0 Å². The van der Waals surface area contributed by atoms with Crippen LogP contribution in [0.2, 0.25) is 0 Å². The van der Waals surface area contributed by atoms with Crippen LogP contribution in [0.3, 0.4) is 0 Å². The van der Waals surface area contributed by atoms with Crippen LogP contribution in [0.1, 0.15) is 18.4 Å². The molecule has 3 rings (SSSR count). The van der Waals surface area contributed by atoms with Gasteiger partial charge in [-0.05, 0) is 30.5 Å². The minimum Gasteiger partial charge on any atom is -0.454 e. The first-order chi connectivity index (χ1) is 10.2. The molecular weight excluding hydrogens is 294 g/mol. The van der Waals surface area contributed by atoms with Crippen LogP contribution in [0.25, 0.3) is 0 Å². The minimum atomic E-state index is -0.150. The lowest BCUT2D eigenvalue weighted by molar-refractivity contribution is -0.119. The second-order valence-electron chi connectivity index (χ2n) is 5.37. The molecule has 2 aliphatic heterocycles. The average Bonchev–Trinajstić information content (AvgIpc) is 3.01. The molecule has 0 saturated carbocycles. The molecule has 1 saturated heterocycles. The summed E-state index contributed by atoms with van der Waals surface area (Å²) in [4.78, 5) is 11.5. The summed E-state index contributed by atoms with van der Waals surface area (Å²) in [5.74, 6) is 1.37. The van der Waals surface area contributed by atoms with Crippen LogP contribution in [-0.2, 0) is 14.9 Å². The number of rotatable bonds is 4. The summed E-state index contributed by atoms with van der Waals surface area (Å²) >= 11 is 5.56. The maximum Gasteiger partial charge on any atom is 0.234 e. The van der Waals surface area contributed by atoms with Crippen molar-refractivity contribution in [1.29, 1.82) is 0 Å². The predicted molar refractivity (Wildman–Crippen MR) is 78.0 cm³/mol. The van der Waals surface area contributed by atoms with Crippen molar-refractivity contribution >= 4 is 17.5 Å². The highest BCUT2D eigenvalue weighted by Crippen LogP contribution is 2.40. The number of fused-ring (bicyclic) bond motifs is 1. The zero-order valence-corrected chi connectivity index (χ0v) is 12.4. The van der Waals surface area contributed by atoms with Crippen LogP contribution in [0.15, 0.2) is 18.2 Å². The molecule has 0 atom stereocenters. The van der Waals surface area contributed by atoms with Crippen molar-refractivity contribution in [3.63, 3.8) is 0 Å². The van der Waals surface area contributed by atoms with Crippen molar-refractivity contribution < 1.29 is 19.0 Å². The number of benzene rings is 1. The molecule has 21 heavy (non-hydrogen) atoms. The van der Waals surface area contributed by atoms with E-state index in [9.17, 15) is 4.79 Å². The number of hydrogen-bond acceptors (Lipinski definition) is 4. The fourth-order valence-electron chi connectivity index (χ4n) is 2.87. The maximum absolute atomic E-state index is 11.5. The van der Waals surface area contributed by atoms with E-state index in [1.165, 1.54) is 0 Å². The fourth-order valence-corrected chi connectivity index (χ4v) is 2.97. The highest BCUT2D eigenvalue weighted by Gasteiger charge is 2.35. The Labute approximate surface area is 128 Å². The highest BCUT2D eigenvalue weighted by atomic mass is 35.5. The van der Waals surface area contributed by atoms with Gasteiger partial charge in [-0.15, -0.1) is 11.6 Å². The Balaban J connectivity index is 1.85. The first-order valence-electron chi connectivity index (χ1n) is 7.04. The second-order valence-corrected chi connectivity index (χ2v) is 5.64. The lowest BCUT2D eigenvalue weighted by Gasteiger charge is -2.38. The summed E-state index contributed by atoms with van der Waals surface area (Å²) in [7, 11) is 0. The average molecular weight is 312 g/mol. The third-order valence-electron chi connectivity index (χ3n) is 4.18. The molecule has 0 radical (unpaired) electrons. The molecule has 1 aromatic carbocycles. The van der Waals surface area contributed by atoms with E-state index < -0.39 is 0 Å². The van der Waals surface area contributed by atoms with Crippen LogP contribution in [0, 0.1) is 0 Å². The summed E-state index contributed by atoms with van der Waals surface area (Å²) in [6.07, 6.45) is 1.71. The summed E-state index contributed by atoms with van der Waals surface area (Å²) < 4.78 is 16.3. The highest BCUT2D eigenvalue weighted by molar-refractivity contribution is 6.27. The lowest BCUT2D eigenvalue weighted by Crippen LogP contribution is -2.44. The minimum absolute atomic E-state index is 0.0201. The van der Waals surface area contributed by atoms with Crippen molar-refractivity contribution in [3.05, 3.63) is 23.8 Å². The van der Waals surface area contributed by atoms with Gasteiger partial charge < -0.3 is 19.5 Å². The van der Waals surface area contributed by atoms with Crippen molar-refractivity contribution in [2.75, 3.05) is 32.4 Å². The van der Waals surface area contributed by atoms with Gasteiger partial charge in [0.15, 0.2) is 11.5 Å². The van der Waals surface area contributed by atoms with E-state index in [1.54, 1.807) is 0 Å². The van der Waals surface area contributed by atoms with Gasteiger partial charge in [0.25, 0.3) is 0 Å². The van der Waals surface area contributed by atoms with Crippen molar-refractivity contribution in [1.82, 2.24) is 5.32 Å². The van der Waals surface area contributed by atoms with Gasteiger partial charge in [0, 0.05) is 25.2 Å². The molecule has 5 nitrogen and oxygen atoms in total. The fraction of sp³-hybridized carbons (Fsp3) is 0.533. The largest absolute Gasteiger partial charge is 0.454 e. The molecular formula is C15H18ClNO4. The maximum atomic E-state index is 11.5. The van der Waals surface area contributed by atoms with Gasteiger partial charge in [0.1, 0.15) is 5.88 Å². The normalized spacial score (nSPS) is 19.3. The third-order valence-corrected chi connectivity index (χ3v) is 4.42. The van der Waals surface area contributed by atoms with Crippen LogP contribution in [-0.4, -0.2) is 38.3 Å². The number of halogens is 1. The number of ether oxygens (including phenoxy) is 3. The van der Waals surface area contributed by atoms with E-state index >= 15 is 0 Å². The lowest BCUT2D eigenvalue weighted by atomic mass is 9.74. The Morgan fingerprint density at radius 2 is 2.00 bits per heavy atom. The standard InChI is InChI=1S/C15H18ClNO4/c16-8-14(18)17-9-15(3-5-19-6-4-15)11-1-2-12-13(7-11)21-10-20-12/h1-2,7H,3-6,8-10H2,(H,17,18). The quantitative estimate of drug-likeness (QED) is 0.862. The summed E-state index contributed by atoms with van der Waals surface area (Å²) in [5.41, 5.74) is 1.01. The number of nitrogens with one attached hydrogen (secondary N) is 1. The van der Waals surface area contributed by atoms with E-state index in [-0.39, 0.29) is 24.0 Å². The Hall–Kier alpha value is -1.46. The molecule has 1 amide bonds. The third kappa shape index (κ3) is 2.94. The van der Waals surface area contributed by atoms with Crippen LogP contribution < -0.4 is 14.8 Å². The van der Waals surface area contributed by atoms with Gasteiger partial charge in [-0.25, -0.2) is 0 Å². The van der Waals surface area contributed by atoms with Crippen LogP contribution in [0.4, 0.5) is 0 Å². The Morgan fingerprint density at radius 1 is 1.24 bits per heavy atom. The van der Waals surface area contributed by atoms with Gasteiger partial charge in [-0.2, -0.15) is 0 Å². The number of alkyl halides is 1. The summed E-state index contributed by atoms with van der Waals surface area (Å²) in [5, 5.41) is 2.91. The van der Waals surface area contributed by atoms with Gasteiger partial charge in [-0.1, -0.05) is 6.07 Å². The summed E-state index contributed by atoms with van der Waals surface area (Å²) in [6.45, 7) is 2.19. The Morgan fingerprint density at radius 3 is 2.76 bits per heavy atom. The smallest absolute Gasteiger partial charge is 0.234 e. The topological polar surface area (TPSA) is 56.8 Å². The zero-order valence-electron chi connectivity index (χ0n) is 11.7. The number of carbonyl (C=O) groups excluding carboxylic acids is 1. The van der Waals surface area contributed by atoms with Gasteiger partial charge in [-0.3, -0.25) is 4.79 Å². The second kappa shape index (κ2) is 6.12. The molecule has 0 bridgehead atoms. The zero-order chi connectivity index (χ0) is 14.7. The van der Waals surface area contributed by atoms with Crippen molar-refractivity contribution in [2.24, 2.45) is 0 Å². The van der Waals surface area contributed by atoms with E-state index in [4.69, 9.17) is 25.8 Å². The molecule has 2 heterocycles. The van der Waals surface area contributed by atoms with Gasteiger partial charge in [0.2, 0.25) is 12.7 Å². The molecule has 1 N–H and O–H groups in total. The monoisotopic (exact) mass is 311 g/mol. The number of amides is 1. The van der Waals surface area contributed by atoms with E-state index in [0.29, 0.717) is 19.8 Å². The molecule has 6 heteroatoms. The predicted octanol–water partition coefficient (Wildman–Crippen LogP) is 1.82. The molecule has 0 aliphatic carbocycles. The van der Waals surface area contributed by atoms with Crippen LogP contribution in [0.5, 0.6) is 11.5 Å². The molecule has 0 unspecified atom stereocenters. The Bertz CT molecular complexity index is 528. The van der Waals surface area contributed by atoms with E-state index in [1.807, 2.05) is 18.2 Å². The van der Waals surface area contributed by atoms with E-state index in [0.717, 1.165) is 29.9 Å². The van der Waals surface area contributed by atoms with Crippen molar-refractivity contribution in [3.8, 4) is 11.5 Å². The number of carbonyl (C=O) groups is 1. The van der Waals surface area contributed by atoms with E-state index in [2.05, 4.69) is 5.32 Å². The molecule has 0 spiro atoms. The summed E-state index contributed by atoms with van der Waals surface area (Å²) in [6, 6.07) is 5.99. The molecule has 114 valence electrons. The van der Waals surface area contributed by atoms with Crippen molar-refractivity contribution in [2.45, 2.75) is 18.3 Å². The number of hydrogen-bond donors (Lipinski definition) is 1. The first kappa shape index (κ1) is 14.5. The Kier molecular flexibility index (Phi) is 4.22.